The van der Waals surface area contributed by atoms with Gasteiger partial charge in [0.2, 0.25) is 0 Å². The molecule has 1 saturated heterocycles. The van der Waals surface area contributed by atoms with E-state index >= 15 is 0 Å². The highest BCUT2D eigenvalue weighted by Gasteiger charge is 2.22. The number of piperidine rings is 1. The number of likely N-dealkylation sites (tertiary alicyclic amines) is 1. The zero-order chi connectivity index (χ0) is 14.7. The zero-order valence-corrected chi connectivity index (χ0v) is 13.4. The molecule has 2 N–H and O–H groups in total. The van der Waals surface area contributed by atoms with E-state index in [1.54, 1.807) is 0 Å². The number of rotatable bonds is 4. The molecular weight excluding hydrogens is 246 g/mol. The highest BCUT2D eigenvalue weighted by atomic mass is 15.2. The van der Waals surface area contributed by atoms with Crippen molar-refractivity contribution in [3.05, 3.63) is 34.9 Å². The molecule has 0 aromatic heterocycles. The summed E-state index contributed by atoms with van der Waals surface area (Å²) in [5.41, 5.74) is 10.3. The lowest BCUT2D eigenvalue weighted by atomic mass is 9.99. The SMILES string of the molecule is Cc1cc(C)cc(C(N)CN(C)C2CCN(C)CC2)c1. The van der Waals surface area contributed by atoms with Gasteiger partial charge in [0.1, 0.15) is 0 Å². The van der Waals surface area contributed by atoms with Crippen LogP contribution in [0.25, 0.3) is 0 Å². The van der Waals surface area contributed by atoms with Crippen LogP contribution in [-0.2, 0) is 0 Å². The van der Waals surface area contributed by atoms with Crippen molar-refractivity contribution in [3.8, 4) is 0 Å². The summed E-state index contributed by atoms with van der Waals surface area (Å²) in [5.74, 6) is 0. The van der Waals surface area contributed by atoms with Crippen LogP contribution in [0.15, 0.2) is 18.2 Å². The van der Waals surface area contributed by atoms with Crippen molar-refractivity contribution in [2.45, 2.75) is 38.8 Å². The van der Waals surface area contributed by atoms with Crippen molar-refractivity contribution in [1.29, 1.82) is 0 Å². The fourth-order valence-electron chi connectivity index (χ4n) is 3.22. The molecule has 112 valence electrons. The van der Waals surface area contributed by atoms with Crippen LogP contribution in [-0.4, -0.2) is 49.6 Å². The molecule has 1 aliphatic heterocycles. The van der Waals surface area contributed by atoms with Crippen molar-refractivity contribution >= 4 is 0 Å². The van der Waals surface area contributed by atoms with E-state index in [4.69, 9.17) is 5.73 Å². The van der Waals surface area contributed by atoms with Gasteiger partial charge in [0, 0.05) is 18.6 Å². The maximum absolute atomic E-state index is 6.42. The average molecular weight is 275 g/mol. The monoisotopic (exact) mass is 275 g/mol. The molecule has 1 heterocycles. The first kappa shape index (κ1) is 15.5. The van der Waals surface area contributed by atoms with Crippen LogP contribution in [0.2, 0.25) is 0 Å². The quantitative estimate of drug-likeness (QED) is 0.915. The van der Waals surface area contributed by atoms with Gasteiger partial charge >= 0.3 is 0 Å². The summed E-state index contributed by atoms with van der Waals surface area (Å²) in [6.07, 6.45) is 2.51. The second-order valence-corrected chi connectivity index (χ2v) is 6.50. The van der Waals surface area contributed by atoms with Crippen molar-refractivity contribution in [3.63, 3.8) is 0 Å². The predicted molar refractivity (Wildman–Crippen MR) is 86.0 cm³/mol. The van der Waals surface area contributed by atoms with Gasteiger partial charge in [-0.2, -0.15) is 0 Å². The van der Waals surface area contributed by atoms with E-state index in [0.717, 1.165) is 6.54 Å². The van der Waals surface area contributed by atoms with Crippen LogP contribution in [0.5, 0.6) is 0 Å². The Morgan fingerprint density at radius 3 is 2.30 bits per heavy atom. The number of nitrogens with zero attached hydrogens (tertiary/aromatic N) is 2. The van der Waals surface area contributed by atoms with Gasteiger partial charge < -0.3 is 15.5 Å². The fourth-order valence-corrected chi connectivity index (χ4v) is 3.22. The van der Waals surface area contributed by atoms with Gasteiger partial charge in [-0.25, -0.2) is 0 Å². The van der Waals surface area contributed by atoms with Crippen LogP contribution < -0.4 is 5.73 Å². The molecular formula is C17H29N3. The van der Waals surface area contributed by atoms with Gasteiger partial charge in [-0.1, -0.05) is 29.3 Å². The first-order valence-electron chi connectivity index (χ1n) is 7.68. The minimum absolute atomic E-state index is 0.109. The first-order chi connectivity index (χ1) is 9.45. The van der Waals surface area contributed by atoms with Gasteiger partial charge in [-0.15, -0.1) is 0 Å². The Hall–Kier alpha value is -0.900. The molecule has 1 aromatic carbocycles. The predicted octanol–water partition coefficient (Wildman–Crippen LogP) is 2.33. The number of hydrogen-bond donors (Lipinski definition) is 1. The summed E-state index contributed by atoms with van der Waals surface area (Å²) in [7, 11) is 4.43. The fraction of sp³-hybridized carbons (Fsp3) is 0.647. The molecule has 3 nitrogen and oxygen atoms in total. The molecule has 0 bridgehead atoms. The van der Waals surface area contributed by atoms with Crippen LogP contribution in [0.1, 0.15) is 35.6 Å². The second-order valence-electron chi connectivity index (χ2n) is 6.50. The van der Waals surface area contributed by atoms with E-state index in [0.29, 0.717) is 6.04 Å². The van der Waals surface area contributed by atoms with E-state index in [2.05, 4.69) is 55.9 Å². The lowest BCUT2D eigenvalue weighted by molar-refractivity contribution is 0.139. The van der Waals surface area contributed by atoms with Gasteiger partial charge in [0.25, 0.3) is 0 Å². The number of likely N-dealkylation sites (N-methyl/N-ethyl adjacent to an activating group) is 1. The Labute approximate surface area is 123 Å². The first-order valence-corrected chi connectivity index (χ1v) is 7.68. The standard InChI is InChI=1S/C17H29N3/c1-13-9-14(2)11-15(10-13)17(18)12-20(4)16-5-7-19(3)8-6-16/h9-11,16-17H,5-8,12,18H2,1-4H3. The van der Waals surface area contributed by atoms with E-state index in [1.165, 1.54) is 42.6 Å². The van der Waals surface area contributed by atoms with Crippen molar-refractivity contribution in [2.75, 3.05) is 33.7 Å². The minimum Gasteiger partial charge on any atom is -0.323 e. The molecule has 1 fully saturated rings. The maximum atomic E-state index is 6.42. The summed E-state index contributed by atoms with van der Waals surface area (Å²) >= 11 is 0. The smallest absolute Gasteiger partial charge is 0.0424 e. The molecule has 0 aliphatic carbocycles. The average Bonchev–Trinajstić information content (AvgIpc) is 2.38. The molecule has 0 amide bonds. The van der Waals surface area contributed by atoms with Crippen LogP contribution in [0, 0.1) is 13.8 Å². The summed E-state index contributed by atoms with van der Waals surface area (Å²) in [6.45, 7) is 7.63. The lowest BCUT2D eigenvalue weighted by Gasteiger charge is -2.36. The van der Waals surface area contributed by atoms with E-state index in [-0.39, 0.29) is 6.04 Å². The lowest BCUT2D eigenvalue weighted by Crippen LogP contribution is -2.44. The molecule has 1 unspecified atom stereocenters. The van der Waals surface area contributed by atoms with Crippen LogP contribution in [0.4, 0.5) is 0 Å². The Morgan fingerprint density at radius 2 is 1.75 bits per heavy atom. The molecule has 20 heavy (non-hydrogen) atoms. The molecule has 0 saturated carbocycles. The molecule has 1 aromatic rings. The maximum Gasteiger partial charge on any atom is 0.0424 e. The largest absolute Gasteiger partial charge is 0.323 e. The molecule has 2 rings (SSSR count). The summed E-state index contributed by atoms with van der Waals surface area (Å²) in [6, 6.07) is 7.44. The van der Waals surface area contributed by atoms with E-state index < -0.39 is 0 Å². The third-order valence-corrected chi connectivity index (χ3v) is 4.47. The van der Waals surface area contributed by atoms with Crippen molar-refractivity contribution in [1.82, 2.24) is 9.80 Å². The van der Waals surface area contributed by atoms with Gasteiger partial charge in [0.15, 0.2) is 0 Å². The third kappa shape index (κ3) is 4.05. The summed E-state index contributed by atoms with van der Waals surface area (Å²) in [4.78, 5) is 4.86. The minimum atomic E-state index is 0.109. The van der Waals surface area contributed by atoms with Gasteiger partial charge in [-0.05, 0) is 59.4 Å². The van der Waals surface area contributed by atoms with Crippen molar-refractivity contribution in [2.24, 2.45) is 5.73 Å². The summed E-state index contributed by atoms with van der Waals surface area (Å²) < 4.78 is 0. The Balaban J connectivity index is 1.94. The topological polar surface area (TPSA) is 32.5 Å². The van der Waals surface area contributed by atoms with Crippen LogP contribution >= 0.6 is 0 Å². The van der Waals surface area contributed by atoms with Gasteiger partial charge in [0.05, 0.1) is 0 Å². The Morgan fingerprint density at radius 1 is 1.20 bits per heavy atom. The highest BCUT2D eigenvalue weighted by molar-refractivity contribution is 5.30. The molecule has 3 heteroatoms. The third-order valence-electron chi connectivity index (χ3n) is 4.47. The zero-order valence-electron chi connectivity index (χ0n) is 13.4. The van der Waals surface area contributed by atoms with E-state index in [9.17, 15) is 0 Å². The van der Waals surface area contributed by atoms with E-state index in [1.807, 2.05) is 0 Å². The number of nitrogens with two attached hydrogens (primary N) is 1. The van der Waals surface area contributed by atoms with Crippen LogP contribution in [0.3, 0.4) is 0 Å². The Bertz CT molecular complexity index is 416. The Kier molecular flexibility index (Phi) is 5.19. The molecule has 0 radical (unpaired) electrons. The summed E-state index contributed by atoms with van der Waals surface area (Å²) in [5, 5.41) is 0. The second kappa shape index (κ2) is 6.70. The molecule has 0 spiro atoms. The number of aryl methyl sites for hydroxylation is 2. The number of benzene rings is 1. The normalized spacial score (nSPS) is 19.5. The number of hydrogen-bond acceptors (Lipinski definition) is 3. The molecule has 1 aliphatic rings. The highest BCUT2D eigenvalue weighted by Crippen LogP contribution is 2.19. The van der Waals surface area contributed by atoms with Crippen molar-refractivity contribution < 1.29 is 0 Å². The van der Waals surface area contributed by atoms with Gasteiger partial charge in [-0.3, -0.25) is 0 Å². The molecule has 1 atom stereocenters.